The number of benzene rings is 1. The van der Waals surface area contributed by atoms with Crippen molar-refractivity contribution in [3.63, 3.8) is 0 Å². The Morgan fingerprint density at radius 3 is 2.45 bits per heavy atom. The first-order valence-corrected chi connectivity index (χ1v) is 6.46. The van der Waals surface area contributed by atoms with E-state index in [2.05, 4.69) is 0 Å². The molecule has 0 fully saturated rings. The standard InChI is InChI=1S/C14H20F3NO2/c1-4-8-18(9-14(15,16)17)11-6-5-7-12(20-3)13(11)10(2)19/h5-7,10,19H,4,8-9H2,1-3H3. The lowest BCUT2D eigenvalue weighted by atomic mass is 10.1. The normalized spacial score (nSPS) is 13.2. The highest BCUT2D eigenvalue weighted by Gasteiger charge is 2.32. The highest BCUT2D eigenvalue weighted by Crippen LogP contribution is 2.35. The summed E-state index contributed by atoms with van der Waals surface area (Å²) in [6, 6.07) is 4.83. The number of aliphatic hydroxyl groups excluding tert-OH is 1. The Morgan fingerprint density at radius 2 is 2.00 bits per heavy atom. The van der Waals surface area contributed by atoms with Gasteiger partial charge in [-0.3, -0.25) is 0 Å². The summed E-state index contributed by atoms with van der Waals surface area (Å²) in [5.74, 6) is 0.390. The van der Waals surface area contributed by atoms with Gasteiger partial charge in [-0.25, -0.2) is 0 Å². The van der Waals surface area contributed by atoms with Crippen molar-refractivity contribution in [2.45, 2.75) is 32.5 Å². The Kier molecular flexibility index (Phi) is 5.68. The van der Waals surface area contributed by atoms with Gasteiger partial charge in [0.05, 0.1) is 13.2 Å². The molecule has 0 spiro atoms. The molecule has 114 valence electrons. The quantitative estimate of drug-likeness (QED) is 0.870. The van der Waals surface area contributed by atoms with Gasteiger partial charge >= 0.3 is 6.18 Å². The van der Waals surface area contributed by atoms with E-state index in [9.17, 15) is 18.3 Å². The van der Waals surface area contributed by atoms with Crippen molar-refractivity contribution < 1.29 is 23.0 Å². The second-order valence-electron chi connectivity index (χ2n) is 4.61. The summed E-state index contributed by atoms with van der Waals surface area (Å²) in [6.07, 6.45) is -4.63. The molecule has 1 atom stereocenters. The third-order valence-corrected chi connectivity index (χ3v) is 2.89. The number of aliphatic hydroxyl groups is 1. The molecule has 0 aliphatic rings. The fourth-order valence-electron chi connectivity index (χ4n) is 2.18. The van der Waals surface area contributed by atoms with E-state index in [1.165, 1.54) is 18.9 Å². The van der Waals surface area contributed by atoms with Gasteiger partial charge in [0.1, 0.15) is 12.3 Å². The number of halogens is 3. The second kappa shape index (κ2) is 6.83. The molecule has 1 unspecified atom stereocenters. The Hall–Kier alpha value is -1.43. The minimum Gasteiger partial charge on any atom is -0.496 e. The Morgan fingerprint density at radius 1 is 1.35 bits per heavy atom. The fourth-order valence-corrected chi connectivity index (χ4v) is 2.18. The minimum atomic E-state index is -4.30. The molecular weight excluding hydrogens is 271 g/mol. The van der Waals surface area contributed by atoms with Gasteiger partial charge in [0.2, 0.25) is 0 Å². The topological polar surface area (TPSA) is 32.7 Å². The average molecular weight is 291 g/mol. The predicted octanol–water partition coefficient (Wildman–Crippen LogP) is 3.53. The summed E-state index contributed by atoms with van der Waals surface area (Å²) >= 11 is 0. The van der Waals surface area contributed by atoms with E-state index >= 15 is 0 Å². The van der Waals surface area contributed by atoms with Crippen LogP contribution in [0.2, 0.25) is 0 Å². The number of anilines is 1. The van der Waals surface area contributed by atoms with Crippen LogP contribution < -0.4 is 9.64 Å². The third kappa shape index (κ3) is 4.30. The summed E-state index contributed by atoms with van der Waals surface area (Å²) in [7, 11) is 1.43. The molecule has 1 rings (SSSR count). The van der Waals surface area contributed by atoms with E-state index in [0.717, 1.165) is 0 Å². The molecule has 0 heterocycles. The molecule has 0 bridgehead atoms. The van der Waals surface area contributed by atoms with E-state index in [-0.39, 0.29) is 6.54 Å². The van der Waals surface area contributed by atoms with Gasteiger partial charge in [-0.2, -0.15) is 13.2 Å². The molecule has 3 nitrogen and oxygen atoms in total. The summed E-state index contributed by atoms with van der Waals surface area (Å²) in [5.41, 5.74) is 0.742. The molecule has 0 amide bonds. The Bertz CT molecular complexity index is 433. The van der Waals surface area contributed by atoms with Gasteiger partial charge in [-0.05, 0) is 25.5 Å². The molecular formula is C14H20F3NO2. The van der Waals surface area contributed by atoms with Gasteiger partial charge in [0.15, 0.2) is 0 Å². The first kappa shape index (κ1) is 16.6. The molecule has 0 aliphatic heterocycles. The van der Waals surface area contributed by atoms with Crippen LogP contribution in [0.4, 0.5) is 18.9 Å². The lowest BCUT2D eigenvalue weighted by Gasteiger charge is -2.29. The van der Waals surface area contributed by atoms with E-state index in [0.29, 0.717) is 23.4 Å². The van der Waals surface area contributed by atoms with Crippen LogP contribution in [0.25, 0.3) is 0 Å². The number of hydrogen-bond donors (Lipinski definition) is 1. The molecule has 0 radical (unpaired) electrons. The molecule has 0 aromatic heterocycles. The molecule has 0 saturated carbocycles. The zero-order chi connectivity index (χ0) is 15.3. The molecule has 1 aromatic carbocycles. The van der Waals surface area contributed by atoms with E-state index in [4.69, 9.17) is 4.74 Å². The largest absolute Gasteiger partial charge is 0.496 e. The number of hydrogen-bond acceptors (Lipinski definition) is 3. The second-order valence-corrected chi connectivity index (χ2v) is 4.61. The summed E-state index contributed by atoms with van der Waals surface area (Å²) < 4.78 is 43.2. The van der Waals surface area contributed by atoms with Gasteiger partial charge < -0.3 is 14.7 Å². The van der Waals surface area contributed by atoms with Crippen LogP contribution in [-0.2, 0) is 0 Å². The third-order valence-electron chi connectivity index (χ3n) is 2.89. The van der Waals surface area contributed by atoms with Crippen LogP contribution in [0.1, 0.15) is 31.9 Å². The first-order chi connectivity index (χ1) is 9.30. The summed E-state index contributed by atoms with van der Waals surface area (Å²) in [5, 5.41) is 9.84. The number of rotatable bonds is 6. The van der Waals surface area contributed by atoms with Crippen LogP contribution in [0.15, 0.2) is 18.2 Å². The number of alkyl halides is 3. The average Bonchev–Trinajstić information content (AvgIpc) is 2.35. The van der Waals surface area contributed by atoms with Crippen molar-refractivity contribution in [2.75, 3.05) is 25.1 Å². The van der Waals surface area contributed by atoms with Crippen molar-refractivity contribution in [3.8, 4) is 5.75 Å². The molecule has 0 saturated heterocycles. The van der Waals surface area contributed by atoms with Gasteiger partial charge in [-0.15, -0.1) is 0 Å². The Labute approximate surface area is 117 Å². The lowest BCUT2D eigenvalue weighted by molar-refractivity contribution is -0.119. The maximum Gasteiger partial charge on any atom is 0.405 e. The summed E-state index contributed by atoms with van der Waals surface area (Å²) in [6.45, 7) is 2.53. The predicted molar refractivity (Wildman–Crippen MR) is 72.2 cm³/mol. The maximum atomic E-state index is 12.7. The van der Waals surface area contributed by atoms with Crippen molar-refractivity contribution in [2.24, 2.45) is 0 Å². The van der Waals surface area contributed by atoms with Crippen LogP contribution in [-0.4, -0.2) is 31.5 Å². The molecule has 0 aliphatic carbocycles. The SMILES string of the molecule is CCCN(CC(F)(F)F)c1cccc(OC)c1C(C)O. The first-order valence-electron chi connectivity index (χ1n) is 6.46. The minimum absolute atomic E-state index is 0.256. The van der Waals surface area contributed by atoms with Gasteiger partial charge in [0, 0.05) is 17.8 Å². The Balaban J connectivity index is 3.25. The number of methoxy groups -OCH3 is 1. The van der Waals surface area contributed by atoms with Crippen molar-refractivity contribution >= 4 is 5.69 Å². The molecule has 20 heavy (non-hydrogen) atoms. The van der Waals surface area contributed by atoms with Gasteiger partial charge in [-0.1, -0.05) is 13.0 Å². The van der Waals surface area contributed by atoms with E-state index in [1.54, 1.807) is 18.2 Å². The van der Waals surface area contributed by atoms with Crippen molar-refractivity contribution in [3.05, 3.63) is 23.8 Å². The zero-order valence-corrected chi connectivity index (χ0v) is 11.9. The lowest BCUT2D eigenvalue weighted by Crippen LogP contribution is -2.35. The van der Waals surface area contributed by atoms with Crippen LogP contribution >= 0.6 is 0 Å². The summed E-state index contributed by atoms with van der Waals surface area (Å²) in [4.78, 5) is 1.23. The number of nitrogens with zero attached hydrogens (tertiary/aromatic N) is 1. The van der Waals surface area contributed by atoms with E-state index in [1.807, 2.05) is 6.92 Å². The highest BCUT2D eigenvalue weighted by atomic mass is 19.4. The molecule has 1 N–H and O–H groups in total. The van der Waals surface area contributed by atoms with Crippen molar-refractivity contribution in [1.82, 2.24) is 0 Å². The fraction of sp³-hybridized carbons (Fsp3) is 0.571. The van der Waals surface area contributed by atoms with Crippen LogP contribution in [0, 0.1) is 0 Å². The molecule has 6 heteroatoms. The van der Waals surface area contributed by atoms with Crippen molar-refractivity contribution in [1.29, 1.82) is 0 Å². The zero-order valence-electron chi connectivity index (χ0n) is 11.9. The van der Waals surface area contributed by atoms with E-state index < -0.39 is 18.8 Å². The number of ether oxygens (including phenoxy) is 1. The smallest absolute Gasteiger partial charge is 0.405 e. The van der Waals surface area contributed by atoms with Crippen LogP contribution in [0.5, 0.6) is 5.75 Å². The van der Waals surface area contributed by atoms with Crippen LogP contribution in [0.3, 0.4) is 0 Å². The highest BCUT2D eigenvalue weighted by molar-refractivity contribution is 5.60. The maximum absolute atomic E-state index is 12.7. The van der Waals surface area contributed by atoms with Gasteiger partial charge in [0.25, 0.3) is 0 Å². The monoisotopic (exact) mass is 291 g/mol. The molecule has 1 aromatic rings.